The molecule has 0 aliphatic heterocycles. The number of nitrogens with zero attached hydrogens (tertiary/aromatic N) is 1. The fourth-order valence-electron chi connectivity index (χ4n) is 2.50. The van der Waals surface area contributed by atoms with Crippen molar-refractivity contribution in [3.05, 3.63) is 48.0 Å². The summed E-state index contributed by atoms with van der Waals surface area (Å²) in [4.78, 5) is 13.6. The first kappa shape index (κ1) is 18.2. The van der Waals surface area contributed by atoms with Crippen LogP contribution in [0.1, 0.15) is 12.0 Å². The standard InChI is InChI=1S/C17H23N3O3S/c1-20(17(21)19-11-5-13-24(18,22)23)12-10-15-8-4-7-14-6-2-3-9-16(14)15/h2-4,6-9H,5,10-13H2,1H3,(H,19,21)(H2,18,22,23). The first-order chi connectivity index (χ1) is 11.4. The predicted molar refractivity (Wildman–Crippen MR) is 96.3 cm³/mol. The van der Waals surface area contributed by atoms with E-state index in [4.69, 9.17) is 5.14 Å². The van der Waals surface area contributed by atoms with Gasteiger partial charge in [-0.2, -0.15) is 0 Å². The minimum absolute atomic E-state index is 0.132. The van der Waals surface area contributed by atoms with E-state index < -0.39 is 10.0 Å². The lowest BCUT2D eigenvalue weighted by molar-refractivity contribution is 0.209. The second kappa shape index (κ2) is 8.12. The van der Waals surface area contributed by atoms with Crippen molar-refractivity contribution in [2.75, 3.05) is 25.9 Å². The van der Waals surface area contributed by atoms with Gasteiger partial charge in [-0.25, -0.2) is 18.4 Å². The maximum absolute atomic E-state index is 12.0. The third-order valence-corrected chi connectivity index (χ3v) is 4.68. The zero-order valence-corrected chi connectivity index (χ0v) is 14.6. The maximum Gasteiger partial charge on any atom is 0.317 e. The number of nitrogens with two attached hydrogens (primary N) is 1. The van der Waals surface area contributed by atoms with Crippen molar-refractivity contribution in [1.29, 1.82) is 0 Å². The quantitative estimate of drug-likeness (QED) is 0.745. The van der Waals surface area contributed by atoms with Gasteiger partial charge in [0, 0.05) is 20.1 Å². The van der Waals surface area contributed by atoms with E-state index in [-0.39, 0.29) is 18.3 Å². The summed E-state index contributed by atoms with van der Waals surface area (Å²) >= 11 is 0. The molecule has 3 N–H and O–H groups in total. The first-order valence-corrected chi connectivity index (χ1v) is 9.54. The lowest BCUT2D eigenvalue weighted by Crippen LogP contribution is -2.39. The van der Waals surface area contributed by atoms with Crippen molar-refractivity contribution in [3.63, 3.8) is 0 Å². The van der Waals surface area contributed by atoms with Crippen molar-refractivity contribution in [3.8, 4) is 0 Å². The normalized spacial score (nSPS) is 11.4. The van der Waals surface area contributed by atoms with Crippen molar-refractivity contribution >= 4 is 26.8 Å². The summed E-state index contributed by atoms with van der Waals surface area (Å²) in [5.74, 6) is -0.132. The van der Waals surface area contributed by atoms with E-state index in [2.05, 4.69) is 29.6 Å². The number of urea groups is 1. The number of carbonyl (C=O) groups excluding carboxylic acids is 1. The van der Waals surface area contributed by atoms with Gasteiger partial charge in [0.2, 0.25) is 10.0 Å². The Labute approximate surface area is 142 Å². The molecule has 0 aliphatic carbocycles. The molecule has 2 aromatic carbocycles. The summed E-state index contributed by atoms with van der Waals surface area (Å²) < 4.78 is 21.7. The second-order valence-corrected chi connectivity index (χ2v) is 7.50. The number of amides is 2. The lowest BCUT2D eigenvalue weighted by Gasteiger charge is -2.18. The highest BCUT2D eigenvalue weighted by atomic mass is 32.2. The van der Waals surface area contributed by atoms with E-state index in [1.807, 2.05) is 18.2 Å². The first-order valence-electron chi connectivity index (χ1n) is 7.83. The molecule has 2 amide bonds. The van der Waals surface area contributed by atoms with Crippen LogP contribution in [-0.2, 0) is 16.4 Å². The molecule has 0 unspecified atom stereocenters. The smallest absolute Gasteiger partial charge is 0.317 e. The van der Waals surface area contributed by atoms with Gasteiger partial charge in [0.15, 0.2) is 0 Å². The van der Waals surface area contributed by atoms with Crippen LogP contribution in [0.5, 0.6) is 0 Å². The third kappa shape index (κ3) is 5.50. The average Bonchev–Trinajstić information content (AvgIpc) is 2.55. The lowest BCUT2D eigenvalue weighted by atomic mass is 10.0. The van der Waals surface area contributed by atoms with E-state index in [1.165, 1.54) is 16.3 Å². The van der Waals surface area contributed by atoms with E-state index in [9.17, 15) is 13.2 Å². The van der Waals surface area contributed by atoms with Crippen LogP contribution in [0.3, 0.4) is 0 Å². The average molecular weight is 349 g/mol. The third-order valence-electron chi connectivity index (χ3n) is 3.83. The van der Waals surface area contributed by atoms with Crippen LogP contribution in [-0.4, -0.2) is 45.2 Å². The maximum atomic E-state index is 12.0. The summed E-state index contributed by atoms with van der Waals surface area (Å²) in [5, 5.41) is 10.00. The Morgan fingerprint density at radius 1 is 1.17 bits per heavy atom. The Hall–Kier alpha value is -2.12. The number of hydrogen-bond donors (Lipinski definition) is 2. The second-order valence-electron chi connectivity index (χ2n) is 5.76. The molecule has 0 saturated heterocycles. The van der Waals surface area contributed by atoms with Gasteiger partial charge in [0.1, 0.15) is 0 Å². The van der Waals surface area contributed by atoms with Gasteiger partial charge in [0.05, 0.1) is 5.75 Å². The summed E-state index contributed by atoms with van der Waals surface area (Å²) in [6.07, 6.45) is 1.06. The number of hydrogen-bond acceptors (Lipinski definition) is 3. The van der Waals surface area contributed by atoms with Gasteiger partial charge in [-0.05, 0) is 29.2 Å². The molecule has 2 aromatic rings. The molecule has 0 bridgehead atoms. The summed E-state index contributed by atoms with van der Waals surface area (Å²) in [6, 6.07) is 14.1. The molecule has 2 rings (SSSR count). The summed E-state index contributed by atoms with van der Waals surface area (Å²) in [5.41, 5.74) is 1.20. The van der Waals surface area contributed by atoms with Crippen LogP contribution in [0.25, 0.3) is 10.8 Å². The fraction of sp³-hybridized carbons (Fsp3) is 0.353. The zero-order valence-electron chi connectivity index (χ0n) is 13.7. The van der Waals surface area contributed by atoms with Crippen LogP contribution in [0.15, 0.2) is 42.5 Å². The Bertz CT molecular complexity index is 800. The van der Waals surface area contributed by atoms with Gasteiger partial charge in [-0.1, -0.05) is 42.5 Å². The topological polar surface area (TPSA) is 92.5 Å². The molecule has 0 heterocycles. The van der Waals surface area contributed by atoms with Crippen molar-refractivity contribution in [1.82, 2.24) is 10.2 Å². The highest BCUT2D eigenvalue weighted by Crippen LogP contribution is 2.18. The largest absolute Gasteiger partial charge is 0.338 e. The number of carbonyl (C=O) groups is 1. The highest BCUT2D eigenvalue weighted by molar-refractivity contribution is 7.89. The summed E-state index contributed by atoms with van der Waals surface area (Å²) in [7, 11) is -1.75. The number of nitrogens with one attached hydrogen (secondary N) is 1. The zero-order chi connectivity index (χ0) is 17.6. The fourth-order valence-corrected chi connectivity index (χ4v) is 3.05. The van der Waals surface area contributed by atoms with Gasteiger partial charge in [-0.3, -0.25) is 0 Å². The molecule has 7 heteroatoms. The van der Waals surface area contributed by atoms with Crippen LogP contribution in [0.4, 0.5) is 4.79 Å². The van der Waals surface area contributed by atoms with Crippen molar-refractivity contribution < 1.29 is 13.2 Å². The minimum Gasteiger partial charge on any atom is -0.338 e. The number of benzene rings is 2. The molecule has 24 heavy (non-hydrogen) atoms. The number of primary sulfonamides is 1. The Morgan fingerprint density at radius 2 is 1.88 bits per heavy atom. The van der Waals surface area contributed by atoms with E-state index in [0.717, 1.165) is 6.42 Å². The molecule has 0 fully saturated rings. The van der Waals surface area contributed by atoms with E-state index in [0.29, 0.717) is 13.0 Å². The number of rotatable bonds is 7. The van der Waals surface area contributed by atoms with Crippen LogP contribution in [0, 0.1) is 0 Å². The predicted octanol–water partition coefficient (Wildman–Crippen LogP) is 1.70. The van der Waals surface area contributed by atoms with Crippen LogP contribution < -0.4 is 10.5 Å². The molecule has 6 nitrogen and oxygen atoms in total. The SMILES string of the molecule is CN(CCc1cccc2ccccc12)C(=O)NCCCS(N)(=O)=O. The summed E-state index contributed by atoms with van der Waals surface area (Å²) in [6.45, 7) is 0.864. The molecule has 0 saturated carbocycles. The monoisotopic (exact) mass is 349 g/mol. The Morgan fingerprint density at radius 3 is 2.62 bits per heavy atom. The van der Waals surface area contributed by atoms with Crippen molar-refractivity contribution in [2.24, 2.45) is 5.14 Å². The molecule has 0 atom stereocenters. The molecule has 0 aromatic heterocycles. The minimum atomic E-state index is -3.47. The number of likely N-dealkylation sites (N-methyl/N-ethyl adjacent to an activating group) is 1. The van der Waals surface area contributed by atoms with Gasteiger partial charge in [0.25, 0.3) is 0 Å². The van der Waals surface area contributed by atoms with Gasteiger partial charge >= 0.3 is 6.03 Å². The molecule has 130 valence electrons. The number of fused-ring (bicyclic) bond motifs is 1. The highest BCUT2D eigenvalue weighted by Gasteiger charge is 2.09. The van der Waals surface area contributed by atoms with Crippen molar-refractivity contribution in [2.45, 2.75) is 12.8 Å². The Kier molecular flexibility index (Phi) is 6.16. The van der Waals surface area contributed by atoms with Gasteiger partial charge in [-0.15, -0.1) is 0 Å². The van der Waals surface area contributed by atoms with Gasteiger partial charge < -0.3 is 10.2 Å². The van der Waals surface area contributed by atoms with E-state index in [1.54, 1.807) is 11.9 Å². The molecule has 0 aliphatic rings. The van der Waals surface area contributed by atoms with E-state index >= 15 is 0 Å². The molecule has 0 spiro atoms. The van der Waals surface area contributed by atoms with Crippen LogP contribution in [0.2, 0.25) is 0 Å². The molecule has 0 radical (unpaired) electrons. The molecular weight excluding hydrogens is 326 g/mol. The Balaban J connectivity index is 1.83. The number of sulfonamides is 1. The molecular formula is C17H23N3O3S. The van der Waals surface area contributed by atoms with Crippen LogP contribution >= 0.6 is 0 Å².